The summed E-state index contributed by atoms with van der Waals surface area (Å²) < 4.78 is 5.48. The summed E-state index contributed by atoms with van der Waals surface area (Å²) in [4.78, 5) is 11.6. The van der Waals surface area contributed by atoms with E-state index in [4.69, 9.17) is 4.74 Å². The highest BCUT2D eigenvalue weighted by atomic mass is 79.9. The Morgan fingerprint density at radius 2 is 2.00 bits per heavy atom. The minimum absolute atomic E-state index is 0.0110. The SMILES string of the molecule is C[C@@H](Br)C(=O)NCC1(c2ccccc2)CCOCC1. The minimum atomic E-state index is -0.153. The van der Waals surface area contributed by atoms with Crippen molar-refractivity contribution in [2.75, 3.05) is 19.8 Å². The lowest BCUT2D eigenvalue weighted by atomic mass is 9.74. The topological polar surface area (TPSA) is 38.3 Å². The van der Waals surface area contributed by atoms with Crippen molar-refractivity contribution in [3.8, 4) is 0 Å². The first-order valence-electron chi connectivity index (χ1n) is 6.69. The maximum Gasteiger partial charge on any atom is 0.233 e. The molecule has 1 aromatic rings. The van der Waals surface area contributed by atoms with E-state index in [1.807, 2.05) is 13.0 Å². The first kappa shape index (κ1) is 14.5. The Hall–Kier alpha value is -0.870. The monoisotopic (exact) mass is 325 g/mol. The van der Waals surface area contributed by atoms with Gasteiger partial charge in [0.05, 0.1) is 4.83 Å². The predicted octanol–water partition coefficient (Wildman–Crippen LogP) is 2.63. The predicted molar refractivity (Wildman–Crippen MR) is 79.6 cm³/mol. The summed E-state index contributed by atoms with van der Waals surface area (Å²) in [5, 5.41) is 3.05. The van der Waals surface area contributed by atoms with Gasteiger partial charge in [0.25, 0.3) is 0 Å². The van der Waals surface area contributed by atoms with E-state index in [0.717, 1.165) is 26.1 Å². The third-order valence-corrected chi connectivity index (χ3v) is 4.21. The number of halogens is 1. The first-order chi connectivity index (χ1) is 9.14. The van der Waals surface area contributed by atoms with Crippen molar-refractivity contribution in [1.82, 2.24) is 5.32 Å². The van der Waals surface area contributed by atoms with Gasteiger partial charge in [0, 0.05) is 25.2 Å². The number of rotatable bonds is 4. The van der Waals surface area contributed by atoms with Crippen molar-refractivity contribution in [3.63, 3.8) is 0 Å². The Morgan fingerprint density at radius 3 is 2.58 bits per heavy atom. The largest absolute Gasteiger partial charge is 0.381 e. The van der Waals surface area contributed by atoms with Gasteiger partial charge in [-0.05, 0) is 25.3 Å². The van der Waals surface area contributed by atoms with E-state index in [-0.39, 0.29) is 16.1 Å². The zero-order valence-electron chi connectivity index (χ0n) is 11.2. The lowest BCUT2D eigenvalue weighted by Crippen LogP contribution is -2.45. The van der Waals surface area contributed by atoms with Crippen LogP contribution in [0, 0.1) is 0 Å². The molecule has 1 N–H and O–H groups in total. The number of nitrogens with one attached hydrogen (secondary N) is 1. The highest BCUT2D eigenvalue weighted by Crippen LogP contribution is 2.34. The maximum absolute atomic E-state index is 11.8. The van der Waals surface area contributed by atoms with Gasteiger partial charge >= 0.3 is 0 Å². The molecule has 0 saturated carbocycles. The molecule has 19 heavy (non-hydrogen) atoms. The molecule has 1 aliphatic heterocycles. The molecule has 4 heteroatoms. The van der Waals surface area contributed by atoms with Crippen LogP contribution in [0.1, 0.15) is 25.3 Å². The molecule has 1 aliphatic rings. The molecule has 0 aliphatic carbocycles. The lowest BCUT2D eigenvalue weighted by Gasteiger charge is -2.38. The molecule has 1 aromatic carbocycles. The zero-order valence-corrected chi connectivity index (χ0v) is 12.8. The number of alkyl halides is 1. The van der Waals surface area contributed by atoms with Crippen molar-refractivity contribution < 1.29 is 9.53 Å². The highest BCUT2D eigenvalue weighted by molar-refractivity contribution is 9.10. The van der Waals surface area contributed by atoms with Crippen LogP contribution in [0.15, 0.2) is 30.3 Å². The summed E-state index contributed by atoms with van der Waals surface area (Å²) in [7, 11) is 0. The van der Waals surface area contributed by atoms with E-state index in [0.29, 0.717) is 6.54 Å². The molecule has 2 rings (SSSR count). The fourth-order valence-electron chi connectivity index (χ4n) is 2.52. The zero-order chi connectivity index (χ0) is 13.7. The Bertz CT molecular complexity index is 413. The molecule has 1 atom stereocenters. The summed E-state index contributed by atoms with van der Waals surface area (Å²) in [5.41, 5.74) is 1.30. The van der Waals surface area contributed by atoms with Crippen LogP contribution in [0.25, 0.3) is 0 Å². The molecular weight excluding hydrogens is 306 g/mol. The molecule has 1 fully saturated rings. The molecule has 1 amide bonds. The lowest BCUT2D eigenvalue weighted by molar-refractivity contribution is -0.120. The van der Waals surface area contributed by atoms with Crippen LogP contribution in [-0.4, -0.2) is 30.5 Å². The van der Waals surface area contributed by atoms with Gasteiger partial charge in [0.15, 0.2) is 0 Å². The van der Waals surface area contributed by atoms with E-state index in [1.54, 1.807) is 0 Å². The van der Waals surface area contributed by atoms with Crippen LogP contribution in [0.3, 0.4) is 0 Å². The third-order valence-electron chi connectivity index (χ3n) is 3.80. The van der Waals surface area contributed by atoms with Gasteiger partial charge in [-0.15, -0.1) is 0 Å². The second-order valence-corrected chi connectivity index (χ2v) is 6.47. The summed E-state index contributed by atoms with van der Waals surface area (Å²) >= 11 is 3.30. The number of hydrogen-bond acceptors (Lipinski definition) is 2. The molecule has 0 radical (unpaired) electrons. The van der Waals surface area contributed by atoms with Crippen molar-refractivity contribution in [3.05, 3.63) is 35.9 Å². The number of ether oxygens (including phenoxy) is 1. The molecule has 0 aromatic heterocycles. The van der Waals surface area contributed by atoms with Crippen molar-refractivity contribution in [2.24, 2.45) is 0 Å². The molecule has 104 valence electrons. The van der Waals surface area contributed by atoms with E-state index in [2.05, 4.69) is 45.5 Å². The van der Waals surface area contributed by atoms with Gasteiger partial charge in [0.1, 0.15) is 0 Å². The Morgan fingerprint density at radius 1 is 1.37 bits per heavy atom. The molecule has 0 unspecified atom stereocenters. The van der Waals surface area contributed by atoms with Gasteiger partial charge in [-0.1, -0.05) is 46.3 Å². The van der Waals surface area contributed by atoms with E-state index in [1.165, 1.54) is 5.56 Å². The van der Waals surface area contributed by atoms with Crippen LogP contribution >= 0.6 is 15.9 Å². The van der Waals surface area contributed by atoms with Crippen molar-refractivity contribution >= 4 is 21.8 Å². The second-order valence-electron chi connectivity index (χ2n) is 5.09. The average Bonchev–Trinajstić information content (AvgIpc) is 2.46. The number of amides is 1. The average molecular weight is 326 g/mol. The molecule has 3 nitrogen and oxygen atoms in total. The summed E-state index contributed by atoms with van der Waals surface area (Å²) in [6, 6.07) is 10.4. The number of benzene rings is 1. The standard InChI is InChI=1S/C15H20BrNO2/c1-12(16)14(18)17-11-15(7-9-19-10-8-15)13-5-3-2-4-6-13/h2-6,12H,7-11H2,1H3,(H,17,18)/t12-/m1/s1. The fraction of sp³-hybridized carbons (Fsp3) is 0.533. The van der Waals surface area contributed by atoms with Crippen LogP contribution < -0.4 is 5.32 Å². The second kappa shape index (κ2) is 6.53. The van der Waals surface area contributed by atoms with E-state index < -0.39 is 0 Å². The smallest absolute Gasteiger partial charge is 0.233 e. The highest BCUT2D eigenvalue weighted by Gasteiger charge is 2.34. The molecule has 0 spiro atoms. The van der Waals surface area contributed by atoms with Crippen molar-refractivity contribution in [2.45, 2.75) is 30.0 Å². The Labute approximate surface area is 122 Å². The Balaban J connectivity index is 2.14. The molecule has 1 heterocycles. The van der Waals surface area contributed by atoms with Gasteiger partial charge in [-0.25, -0.2) is 0 Å². The third kappa shape index (κ3) is 3.57. The molecule has 0 bridgehead atoms. The van der Waals surface area contributed by atoms with Crippen LogP contribution in [0.2, 0.25) is 0 Å². The van der Waals surface area contributed by atoms with Crippen LogP contribution in [0.5, 0.6) is 0 Å². The number of hydrogen-bond donors (Lipinski definition) is 1. The van der Waals surface area contributed by atoms with Gasteiger partial charge in [-0.2, -0.15) is 0 Å². The van der Waals surface area contributed by atoms with Crippen LogP contribution in [-0.2, 0) is 14.9 Å². The van der Waals surface area contributed by atoms with Gasteiger partial charge < -0.3 is 10.1 Å². The number of carbonyl (C=O) groups is 1. The number of carbonyl (C=O) groups excluding carboxylic acids is 1. The fourth-order valence-corrected chi connectivity index (χ4v) is 2.68. The summed E-state index contributed by atoms with van der Waals surface area (Å²) in [6.45, 7) is 4.03. The van der Waals surface area contributed by atoms with Gasteiger partial charge in [-0.3, -0.25) is 4.79 Å². The molecule has 1 saturated heterocycles. The molecular formula is C15H20BrNO2. The maximum atomic E-state index is 11.8. The van der Waals surface area contributed by atoms with Crippen molar-refractivity contribution in [1.29, 1.82) is 0 Å². The van der Waals surface area contributed by atoms with Crippen LogP contribution in [0.4, 0.5) is 0 Å². The quantitative estimate of drug-likeness (QED) is 0.864. The first-order valence-corrected chi connectivity index (χ1v) is 7.61. The van der Waals surface area contributed by atoms with E-state index >= 15 is 0 Å². The van der Waals surface area contributed by atoms with Gasteiger partial charge in [0.2, 0.25) is 5.91 Å². The summed E-state index contributed by atoms with van der Waals surface area (Å²) in [5.74, 6) is 0.0433. The normalized spacial score (nSPS) is 19.7. The Kier molecular flexibility index (Phi) is 4.99. The van der Waals surface area contributed by atoms with E-state index in [9.17, 15) is 4.79 Å². The minimum Gasteiger partial charge on any atom is -0.381 e. The summed E-state index contributed by atoms with van der Waals surface area (Å²) in [6.07, 6.45) is 1.90.